The second-order valence-corrected chi connectivity index (χ2v) is 5.55. The van der Waals surface area contributed by atoms with Crippen LogP contribution >= 0.6 is 0 Å². The molecule has 94 valence electrons. The zero-order valence-corrected chi connectivity index (χ0v) is 10.6. The van der Waals surface area contributed by atoms with Gasteiger partial charge in [-0.3, -0.25) is 5.32 Å². The zero-order valence-electron chi connectivity index (χ0n) is 9.76. The molecule has 0 saturated carbocycles. The van der Waals surface area contributed by atoms with E-state index in [9.17, 15) is 13.2 Å². The van der Waals surface area contributed by atoms with Gasteiger partial charge in [-0.25, -0.2) is 13.2 Å². The lowest BCUT2D eigenvalue weighted by molar-refractivity contribution is 0.168. The van der Waals surface area contributed by atoms with Gasteiger partial charge in [0.2, 0.25) is 0 Å². The highest BCUT2D eigenvalue weighted by Crippen LogP contribution is 2.15. The van der Waals surface area contributed by atoms with Crippen molar-refractivity contribution in [2.45, 2.75) is 18.7 Å². The van der Waals surface area contributed by atoms with E-state index in [1.54, 1.807) is 13.8 Å². The Morgan fingerprint density at radius 2 is 1.82 bits per heavy atom. The maximum atomic E-state index is 11.5. The summed E-state index contributed by atoms with van der Waals surface area (Å²) in [6, 6.07) is 5.97. The molecule has 0 unspecified atom stereocenters. The molecule has 1 aromatic rings. The third kappa shape index (κ3) is 3.74. The Hall–Kier alpha value is -1.56. The molecule has 0 atom stereocenters. The topological polar surface area (TPSA) is 72.5 Å². The third-order valence-electron chi connectivity index (χ3n) is 2.12. The van der Waals surface area contributed by atoms with E-state index >= 15 is 0 Å². The standard InChI is InChI=1S/C11H15NO4S/c1-3-16-11(13)12-9-5-7-10(8-6-9)17(14,15)4-2/h5-8H,3-4H2,1-2H3,(H,12,13). The van der Waals surface area contributed by atoms with E-state index < -0.39 is 15.9 Å². The van der Waals surface area contributed by atoms with Crippen LogP contribution in [0.25, 0.3) is 0 Å². The summed E-state index contributed by atoms with van der Waals surface area (Å²) in [5, 5.41) is 2.48. The van der Waals surface area contributed by atoms with Gasteiger partial charge < -0.3 is 4.74 Å². The Balaban J connectivity index is 2.79. The van der Waals surface area contributed by atoms with E-state index in [2.05, 4.69) is 5.32 Å². The Bertz CT molecular complexity index is 479. The lowest BCUT2D eigenvalue weighted by Gasteiger charge is -2.06. The molecule has 0 aromatic heterocycles. The molecule has 0 saturated heterocycles. The SMILES string of the molecule is CCOC(=O)Nc1ccc(S(=O)(=O)CC)cc1. The zero-order chi connectivity index (χ0) is 12.9. The van der Waals surface area contributed by atoms with Gasteiger partial charge in [0, 0.05) is 5.69 Å². The molecule has 5 nitrogen and oxygen atoms in total. The van der Waals surface area contributed by atoms with Gasteiger partial charge in [0.15, 0.2) is 9.84 Å². The minimum absolute atomic E-state index is 0.0532. The lowest BCUT2D eigenvalue weighted by atomic mass is 10.3. The predicted octanol–water partition coefficient (Wildman–Crippen LogP) is 2.05. The van der Waals surface area contributed by atoms with E-state index in [-0.39, 0.29) is 17.3 Å². The largest absolute Gasteiger partial charge is 0.450 e. The average Bonchev–Trinajstić information content (AvgIpc) is 2.30. The minimum Gasteiger partial charge on any atom is -0.450 e. The van der Waals surface area contributed by atoms with Gasteiger partial charge in [-0.1, -0.05) is 6.92 Å². The number of rotatable bonds is 4. The summed E-state index contributed by atoms with van der Waals surface area (Å²) >= 11 is 0. The molecule has 1 amide bonds. The van der Waals surface area contributed by atoms with Crippen LogP contribution in [0, 0.1) is 0 Å². The number of sulfone groups is 1. The van der Waals surface area contributed by atoms with Gasteiger partial charge in [-0.15, -0.1) is 0 Å². The van der Waals surface area contributed by atoms with Crippen LogP contribution in [0.5, 0.6) is 0 Å². The van der Waals surface area contributed by atoms with Gasteiger partial charge in [-0.2, -0.15) is 0 Å². The van der Waals surface area contributed by atoms with Crippen molar-refractivity contribution in [2.75, 3.05) is 17.7 Å². The highest BCUT2D eigenvalue weighted by atomic mass is 32.2. The molecule has 1 aromatic carbocycles. The Morgan fingerprint density at radius 3 is 2.29 bits per heavy atom. The molecule has 0 radical (unpaired) electrons. The van der Waals surface area contributed by atoms with E-state index in [1.165, 1.54) is 24.3 Å². The summed E-state index contributed by atoms with van der Waals surface area (Å²) in [4.78, 5) is 11.3. The van der Waals surface area contributed by atoms with Crippen LogP contribution in [0.4, 0.5) is 10.5 Å². The Kier molecular flexibility index (Phi) is 4.51. The first-order chi connectivity index (χ1) is 7.99. The maximum absolute atomic E-state index is 11.5. The van der Waals surface area contributed by atoms with Crippen LogP contribution in [0.2, 0.25) is 0 Å². The average molecular weight is 257 g/mol. The van der Waals surface area contributed by atoms with E-state index in [4.69, 9.17) is 4.74 Å². The van der Waals surface area contributed by atoms with E-state index in [0.29, 0.717) is 5.69 Å². The molecule has 1 rings (SSSR count). The lowest BCUT2D eigenvalue weighted by Crippen LogP contribution is -2.13. The molecule has 0 spiro atoms. The van der Waals surface area contributed by atoms with Crippen molar-refractivity contribution in [3.8, 4) is 0 Å². The number of benzene rings is 1. The van der Waals surface area contributed by atoms with Gasteiger partial charge in [0.1, 0.15) is 0 Å². The smallest absolute Gasteiger partial charge is 0.411 e. The first-order valence-electron chi connectivity index (χ1n) is 5.26. The van der Waals surface area contributed by atoms with Crippen LogP contribution in [0.3, 0.4) is 0 Å². The van der Waals surface area contributed by atoms with Crippen LogP contribution < -0.4 is 5.32 Å². The Labute approximate surface area is 101 Å². The van der Waals surface area contributed by atoms with Crippen molar-refractivity contribution >= 4 is 21.6 Å². The molecule has 0 aliphatic rings. The van der Waals surface area contributed by atoms with Gasteiger partial charge in [-0.05, 0) is 31.2 Å². The third-order valence-corrected chi connectivity index (χ3v) is 3.87. The number of anilines is 1. The van der Waals surface area contributed by atoms with Crippen molar-refractivity contribution in [3.05, 3.63) is 24.3 Å². The number of hydrogen-bond acceptors (Lipinski definition) is 4. The highest BCUT2D eigenvalue weighted by molar-refractivity contribution is 7.91. The molecule has 6 heteroatoms. The summed E-state index contributed by atoms with van der Waals surface area (Å²) in [6.07, 6.45) is -0.557. The van der Waals surface area contributed by atoms with Crippen molar-refractivity contribution < 1.29 is 17.9 Å². The molecule has 17 heavy (non-hydrogen) atoms. The molecule has 0 aliphatic carbocycles. The van der Waals surface area contributed by atoms with Crippen LogP contribution in [-0.2, 0) is 14.6 Å². The van der Waals surface area contributed by atoms with Crippen LogP contribution in [0.1, 0.15) is 13.8 Å². The number of carbonyl (C=O) groups excluding carboxylic acids is 1. The summed E-state index contributed by atoms with van der Waals surface area (Å²) in [5.74, 6) is 0.0532. The number of amides is 1. The predicted molar refractivity (Wildman–Crippen MR) is 64.8 cm³/mol. The molecular weight excluding hydrogens is 242 g/mol. The van der Waals surface area contributed by atoms with E-state index in [1.807, 2.05) is 0 Å². The fourth-order valence-electron chi connectivity index (χ4n) is 1.20. The molecule has 0 heterocycles. The fraction of sp³-hybridized carbons (Fsp3) is 0.364. The normalized spacial score (nSPS) is 10.9. The summed E-state index contributed by atoms with van der Waals surface area (Å²) in [5.41, 5.74) is 0.499. The monoisotopic (exact) mass is 257 g/mol. The second kappa shape index (κ2) is 5.67. The first-order valence-corrected chi connectivity index (χ1v) is 6.91. The molecule has 1 N–H and O–H groups in total. The van der Waals surface area contributed by atoms with Crippen LogP contribution in [0.15, 0.2) is 29.2 Å². The Morgan fingerprint density at radius 1 is 1.24 bits per heavy atom. The van der Waals surface area contributed by atoms with Crippen molar-refractivity contribution in [3.63, 3.8) is 0 Å². The maximum Gasteiger partial charge on any atom is 0.411 e. The molecule has 0 bridgehead atoms. The molecular formula is C11H15NO4S. The number of hydrogen-bond donors (Lipinski definition) is 1. The van der Waals surface area contributed by atoms with Crippen LogP contribution in [-0.4, -0.2) is 26.9 Å². The minimum atomic E-state index is -3.20. The second-order valence-electron chi connectivity index (χ2n) is 3.27. The van der Waals surface area contributed by atoms with E-state index in [0.717, 1.165) is 0 Å². The first kappa shape index (κ1) is 13.5. The van der Waals surface area contributed by atoms with Crippen molar-refractivity contribution in [1.82, 2.24) is 0 Å². The molecule has 0 aliphatic heterocycles. The van der Waals surface area contributed by atoms with Gasteiger partial charge in [0.25, 0.3) is 0 Å². The van der Waals surface area contributed by atoms with Crippen molar-refractivity contribution in [1.29, 1.82) is 0 Å². The summed E-state index contributed by atoms with van der Waals surface area (Å²) in [7, 11) is -3.20. The summed E-state index contributed by atoms with van der Waals surface area (Å²) < 4.78 is 27.7. The number of ether oxygens (including phenoxy) is 1. The van der Waals surface area contributed by atoms with Gasteiger partial charge >= 0.3 is 6.09 Å². The quantitative estimate of drug-likeness (QED) is 0.896. The fourth-order valence-corrected chi connectivity index (χ4v) is 2.08. The molecule has 0 fully saturated rings. The van der Waals surface area contributed by atoms with Crippen molar-refractivity contribution in [2.24, 2.45) is 0 Å². The number of carbonyl (C=O) groups is 1. The highest BCUT2D eigenvalue weighted by Gasteiger charge is 2.11. The van der Waals surface area contributed by atoms with Gasteiger partial charge in [0.05, 0.1) is 17.3 Å². The number of nitrogens with one attached hydrogen (secondary N) is 1. The summed E-state index contributed by atoms with van der Waals surface area (Å²) in [6.45, 7) is 3.57.